The second-order valence-corrected chi connectivity index (χ2v) is 17.4. The third kappa shape index (κ3) is 48.1. The lowest BCUT2D eigenvalue weighted by Crippen LogP contribution is -2.30. The molecule has 0 bridgehead atoms. The van der Waals surface area contributed by atoms with Gasteiger partial charge in [-0.3, -0.25) is 14.4 Å². The van der Waals surface area contributed by atoms with Crippen LogP contribution in [0.15, 0.2) is 60.8 Å². The number of unbranched alkanes of at least 4 members (excludes halogenated alkanes) is 26. The zero-order valence-electron chi connectivity index (χ0n) is 40.9. The van der Waals surface area contributed by atoms with Crippen LogP contribution in [0.3, 0.4) is 0 Å². The van der Waals surface area contributed by atoms with E-state index in [0.29, 0.717) is 19.3 Å². The first kappa shape index (κ1) is 59.1. The molecule has 0 aromatic heterocycles. The van der Waals surface area contributed by atoms with E-state index >= 15 is 0 Å². The fourth-order valence-electron chi connectivity index (χ4n) is 7.26. The molecule has 0 aliphatic carbocycles. The molecule has 0 saturated carbocycles. The van der Waals surface area contributed by atoms with Gasteiger partial charge >= 0.3 is 17.9 Å². The lowest BCUT2D eigenvalue weighted by molar-refractivity contribution is -0.167. The summed E-state index contributed by atoms with van der Waals surface area (Å²) in [5, 5.41) is 0. The third-order valence-electron chi connectivity index (χ3n) is 11.2. The summed E-state index contributed by atoms with van der Waals surface area (Å²) in [5.41, 5.74) is 0. The van der Waals surface area contributed by atoms with Crippen LogP contribution in [0, 0.1) is 0 Å². The van der Waals surface area contributed by atoms with Gasteiger partial charge in [-0.25, -0.2) is 0 Å². The van der Waals surface area contributed by atoms with Gasteiger partial charge in [0.2, 0.25) is 0 Å². The van der Waals surface area contributed by atoms with Crippen molar-refractivity contribution in [2.45, 2.75) is 264 Å². The summed E-state index contributed by atoms with van der Waals surface area (Å²) in [6.07, 6.45) is 62.0. The quantitative estimate of drug-likeness (QED) is 0.0262. The molecule has 0 fully saturated rings. The molecule has 0 aromatic rings. The molecule has 0 aliphatic heterocycles. The SMILES string of the molecule is CC/C=C\C/C=C\C/C=C\CCCCCCCCCC(=O)OCC(COC(=O)CCCCCCC/C=C\CCCC)OC(=O)CCCCCCC/C=C\CCCCCCCCC. The zero-order valence-corrected chi connectivity index (χ0v) is 40.9. The first-order valence-corrected chi connectivity index (χ1v) is 26.3. The monoisotopic (exact) mass is 867 g/mol. The summed E-state index contributed by atoms with van der Waals surface area (Å²) in [7, 11) is 0. The highest BCUT2D eigenvalue weighted by molar-refractivity contribution is 5.71. The van der Waals surface area contributed by atoms with Crippen LogP contribution in [0.25, 0.3) is 0 Å². The summed E-state index contributed by atoms with van der Waals surface area (Å²) in [5.74, 6) is -0.908. The molecule has 0 rings (SSSR count). The zero-order chi connectivity index (χ0) is 45.1. The van der Waals surface area contributed by atoms with Gasteiger partial charge in [0.15, 0.2) is 6.10 Å². The topological polar surface area (TPSA) is 78.9 Å². The van der Waals surface area contributed by atoms with E-state index in [1.54, 1.807) is 0 Å². The number of rotatable bonds is 47. The van der Waals surface area contributed by atoms with Crippen LogP contribution in [0.5, 0.6) is 0 Å². The van der Waals surface area contributed by atoms with Crippen molar-refractivity contribution >= 4 is 17.9 Å². The van der Waals surface area contributed by atoms with Crippen LogP contribution >= 0.6 is 0 Å². The molecular weight excluding hydrogens is 769 g/mol. The first-order chi connectivity index (χ1) is 30.5. The average Bonchev–Trinajstić information content (AvgIpc) is 3.27. The van der Waals surface area contributed by atoms with Crippen molar-refractivity contribution in [2.75, 3.05) is 13.2 Å². The Labute approximate surface area is 383 Å². The molecule has 358 valence electrons. The Morgan fingerprint density at radius 2 is 0.645 bits per heavy atom. The van der Waals surface area contributed by atoms with Gasteiger partial charge in [0.05, 0.1) is 0 Å². The van der Waals surface area contributed by atoms with Gasteiger partial charge < -0.3 is 14.2 Å². The Morgan fingerprint density at radius 3 is 1.05 bits per heavy atom. The molecule has 6 nitrogen and oxygen atoms in total. The Kier molecular flexibility index (Phi) is 48.4. The molecule has 0 N–H and O–H groups in total. The van der Waals surface area contributed by atoms with Crippen molar-refractivity contribution in [3.05, 3.63) is 60.8 Å². The molecule has 1 unspecified atom stereocenters. The Bertz CT molecular complexity index is 1130. The normalized spacial score (nSPS) is 12.5. The highest BCUT2D eigenvalue weighted by Crippen LogP contribution is 2.14. The van der Waals surface area contributed by atoms with E-state index in [4.69, 9.17) is 14.2 Å². The number of allylic oxidation sites excluding steroid dienone is 10. The highest BCUT2D eigenvalue weighted by atomic mass is 16.6. The minimum atomic E-state index is -0.784. The van der Waals surface area contributed by atoms with Gasteiger partial charge in [-0.2, -0.15) is 0 Å². The van der Waals surface area contributed by atoms with Crippen molar-refractivity contribution < 1.29 is 28.6 Å². The number of hydrogen-bond donors (Lipinski definition) is 0. The van der Waals surface area contributed by atoms with Crippen LogP contribution in [0.1, 0.15) is 258 Å². The molecule has 62 heavy (non-hydrogen) atoms. The fourth-order valence-corrected chi connectivity index (χ4v) is 7.26. The van der Waals surface area contributed by atoms with Crippen LogP contribution < -0.4 is 0 Å². The van der Waals surface area contributed by atoms with Gasteiger partial charge in [-0.15, -0.1) is 0 Å². The van der Waals surface area contributed by atoms with Crippen molar-refractivity contribution in [1.29, 1.82) is 0 Å². The van der Waals surface area contributed by atoms with Crippen LogP contribution in [0.2, 0.25) is 0 Å². The number of hydrogen-bond acceptors (Lipinski definition) is 6. The summed E-state index contributed by atoms with van der Waals surface area (Å²) < 4.78 is 16.8. The average molecular weight is 867 g/mol. The molecule has 0 heterocycles. The van der Waals surface area contributed by atoms with Crippen molar-refractivity contribution in [3.8, 4) is 0 Å². The lowest BCUT2D eigenvalue weighted by Gasteiger charge is -2.18. The van der Waals surface area contributed by atoms with Gasteiger partial charge in [-0.1, -0.05) is 204 Å². The van der Waals surface area contributed by atoms with Gasteiger partial charge in [0.1, 0.15) is 13.2 Å². The number of carbonyl (C=O) groups is 3. The second kappa shape index (κ2) is 50.8. The number of ether oxygens (including phenoxy) is 3. The summed E-state index contributed by atoms with van der Waals surface area (Å²) in [6.45, 7) is 6.47. The molecule has 0 amide bonds. The molecule has 6 heteroatoms. The maximum atomic E-state index is 12.8. The Hall–Kier alpha value is -2.89. The van der Waals surface area contributed by atoms with E-state index < -0.39 is 6.10 Å². The first-order valence-electron chi connectivity index (χ1n) is 26.3. The maximum absolute atomic E-state index is 12.8. The van der Waals surface area contributed by atoms with Gasteiger partial charge in [0, 0.05) is 19.3 Å². The summed E-state index contributed by atoms with van der Waals surface area (Å²) in [4.78, 5) is 38.0. The van der Waals surface area contributed by atoms with Crippen molar-refractivity contribution in [2.24, 2.45) is 0 Å². The van der Waals surface area contributed by atoms with Crippen molar-refractivity contribution in [3.63, 3.8) is 0 Å². The number of esters is 3. The molecule has 0 saturated heterocycles. The standard InChI is InChI=1S/C56H98O6/c1-4-7-10-13-16-19-22-24-26-28-30-31-34-37-40-43-46-49-55(58)61-52-53(51-60-54(57)48-45-42-39-36-33-21-18-15-12-9-6-3)62-56(59)50-47-44-41-38-35-32-29-27-25-23-20-17-14-11-8-5-2/h7,10,15-16,18-19,24,26-27,29,53H,4-6,8-9,11-14,17,20-23,25,28,30-52H2,1-3H3/b10-7-,18-15-,19-16-,26-24-,29-27-. The Morgan fingerprint density at radius 1 is 0.339 bits per heavy atom. The molecule has 0 aliphatic rings. The summed E-state index contributed by atoms with van der Waals surface area (Å²) >= 11 is 0. The molecular formula is C56H98O6. The lowest BCUT2D eigenvalue weighted by atomic mass is 10.1. The van der Waals surface area contributed by atoms with E-state index in [1.165, 1.54) is 116 Å². The predicted molar refractivity (Wildman–Crippen MR) is 265 cm³/mol. The van der Waals surface area contributed by atoms with E-state index in [0.717, 1.165) is 103 Å². The molecule has 0 radical (unpaired) electrons. The third-order valence-corrected chi connectivity index (χ3v) is 11.2. The number of carbonyl (C=O) groups excluding carboxylic acids is 3. The van der Waals surface area contributed by atoms with E-state index in [1.807, 2.05) is 0 Å². The largest absolute Gasteiger partial charge is 0.462 e. The van der Waals surface area contributed by atoms with Crippen LogP contribution in [0.4, 0.5) is 0 Å². The van der Waals surface area contributed by atoms with Crippen molar-refractivity contribution in [1.82, 2.24) is 0 Å². The highest BCUT2D eigenvalue weighted by Gasteiger charge is 2.19. The molecule has 0 spiro atoms. The minimum Gasteiger partial charge on any atom is -0.462 e. The molecule has 1 atom stereocenters. The summed E-state index contributed by atoms with van der Waals surface area (Å²) in [6, 6.07) is 0. The van der Waals surface area contributed by atoms with Crippen LogP contribution in [-0.2, 0) is 28.6 Å². The van der Waals surface area contributed by atoms with Gasteiger partial charge in [0.25, 0.3) is 0 Å². The second-order valence-electron chi connectivity index (χ2n) is 17.4. The minimum absolute atomic E-state index is 0.0848. The van der Waals surface area contributed by atoms with Crippen LogP contribution in [-0.4, -0.2) is 37.2 Å². The van der Waals surface area contributed by atoms with E-state index in [9.17, 15) is 14.4 Å². The van der Waals surface area contributed by atoms with E-state index in [-0.39, 0.29) is 31.1 Å². The predicted octanol–water partition coefficient (Wildman–Crippen LogP) is 17.3. The molecule has 0 aromatic carbocycles. The maximum Gasteiger partial charge on any atom is 0.306 e. The van der Waals surface area contributed by atoms with Gasteiger partial charge in [-0.05, 0) is 96.3 Å². The van der Waals surface area contributed by atoms with E-state index in [2.05, 4.69) is 81.5 Å². The fraction of sp³-hybridized carbons (Fsp3) is 0.768. The Balaban J connectivity index is 4.38. The smallest absolute Gasteiger partial charge is 0.306 e.